The van der Waals surface area contributed by atoms with Crippen molar-refractivity contribution in [2.75, 3.05) is 0 Å². The van der Waals surface area contributed by atoms with Crippen LogP contribution < -0.4 is 0 Å². The summed E-state index contributed by atoms with van der Waals surface area (Å²) < 4.78 is 5.18. The SMILES string of the molecule is CC(C)(C)C(=O)OC1CCCCC1=O. The van der Waals surface area contributed by atoms with Gasteiger partial charge in [-0.2, -0.15) is 0 Å². The Morgan fingerprint density at radius 2 is 2.00 bits per heavy atom. The molecule has 1 aliphatic carbocycles. The molecule has 0 amide bonds. The molecule has 0 radical (unpaired) electrons. The third-order valence-electron chi connectivity index (χ3n) is 2.36. The number of carbonyl (C=O) groups excluding carboxylic acids is 2. The predicted octanol–water partition coefficient (Wildman–Crippen LogP) is 2.09. The maximum Gasteiger partial charge on any atom is 0.311 e. The minimum Gasteiger partial charge on any atom is -0.454 e. The number of Topliss-reactive ketones (excluding diaryl/α,β-unsaturated/α-hetero) is 1. The smallest absolute Gasteiger partial charge is 0.311 e. The van der Waals surface area contributed by atoms with Gasteiger partial charge in [-0.05, 0) is 40.0 Å². The van der Waals surface area contributed by atoms with Gasteiger partial charge in [-0.1, -0.05) is 0 Å². The molecule has 1 unspecified atom stereocenters. The zero-order valence-electron chi connectivity index (χ0n) is 9.13. The van der Waals surface area contributed by atoms with E-state index < -0.39 is 11.5 Å². The Hall–Kier alpha value is -0.860. The molecule has 1 fully saturated rings. The Balaban J connectivity index is 2.51. The van der Waals surface area contributed by atoms with E-state index in [0.717, 1.165) is 12.8 Å². The molecule has 0 aromatic heterocycles. The van der Waals surface area contributed by atoms with Gasteiger partial charge in [0.15, 0.2) is 11.9 Å². The fraction of sp³-hybridized carbons (Fsp3) is 0.818. The van der Waals surface area contributed by atoms with Crippen LogP contribution in [0.3, 0.4) is 0 Å². The first kappa shape index (κ1) is 11.2. The highest BCUT2D eigenvalue weighted by Gasteiger charge is 2.30. The molecular weight excluding hydrogens is 180 g/mol. The minimum absolute atomic E-state index is 0.0776. The van der Waals surface area contributed by atoms with Crippen LogP contribution in [0.15, 0.2) is 0 Å². The maximum atomic E-state index is 11.5. The molecule has 0 aromatic rings. The number of hydrogen-bond donors (Lipinski definition) is 0. The molecule has 0 saturated heterocycles. The van der Waals surface area contributed by atoms with Crippen LogP contribution in [-0.2, 0) is 14.3 Å². The van der Waals surface area contributed by atoms with Gasteiger partial charge < -0.3 is 4.74 Å². The fourth-order valence-corrected chi connectivity index (χ4v) is 1.38. The first-order valence-corrected chi connectivity index (χ1v) is 5.15. The highest BCUT2D eigenvalue weighted by Crippen LogP contribution is 2.22. The Kier molecular flexibility index (Phi) is 3.29. The summed E-state index contributed by atoms with van der Waals surface area (Å²) in [5, 5.41) is 0. The summed E-state index contributed by atoms with van der Waals surface area (Å²) in [7, 11) is 0. The lowest BCUT2D eigenvalue weighted by Crippen LogP contribution is -2.34. The number of rotatable bonds is 1. The van der Waals surface area contributed by atoms with Gasteiger partial charge in [0.1, 0.15) is 0 Å². The fourth-order valence-electron chi connectivity index (χ4n) is 1.38. The summed E-state index contributed by atoms with van der Waals surface area (Å²) in [6.45, 7) is 5.38. The number of carbonyl (C=O) groups is 2. The summed E-state index contributed by atoms with van der Waals surface area (Å²) in [6, 6.07) is 0. The van der Waals surface area contributed by atoms with Crippen molar-refractivity contribution >= 4 is 11.8 Å². The second-order valence-corrected chi connectivity index (χ2v) is 4.86. The molecular formula is C11H18O3. The molecule has 0 N–H and O–H groups in total. The lowest BCUT2D eigenvalue weighted by Gasteiger charge is -2.24. The molecule has 1 aliphatic rings. The van der Waals surface area contributed by atoms with Crippen LogP contribution >= 0.6 is 0 Å². The third kappa shape index (κ3) is 2.82. The van der Waals surface area contributed by atoms with Crippen molar-refractivity contribution in [3.63, 3.8) is 0 Å². The molecule has 0 bridgehead atoms. The Labute approximate surface area is 84.8 Å². The van der Waals surface area contributed by atoms with E-state index in [0.29, 0.717) is 12.8 Å². The largest absolute Gasteiger partial charge is 0.454 e. The molecule has 14 heavy (non-hydrogen) atoms. The molecule has 0 heterocycles. The third-order valence-corrected chi connectivity index (χ3v) is 2.36. The van der Waals surface area contributed by atoms with Crippen molar-refractivity contribution in [2.24, 2.45) is 5.41 Å². The molecule has 0 aromatic carbocycles. The van der Waals surface area contributed by atoms with Crippen LogP contribution in [0.2, 0.25) is 0 Å². The molecule has 0 spiro atoms. The average molecular weight is 198 g/mol. The first-order valence-electron chi connectivity index (χ1n) is 5.15. The summed E-state index contributed by atoms with van der Waals surface area (Å²) in [5.74, 6) is -0.202. The monoisotopic (exact) mass is 198 g/mol. The van der Waals surface area contributed by atoms with Crippen LogP contribution in [0.5, 0.6) is 0 Å². The van der Waals surface area contributed by atoms with E-state index in [1.165, 1.54) is 0 Å². The van der Waals surface area contributed by atoms with Gasteiger partial charge in [-0.25, -0.2) is 0 Å². The minimum atomic E-state index is -0.516. The maximum absolute atomic E-state index is 11.5. The quantitative estimate of drug-likeness (QED) is 0.606. The van der Waals surface area contributed by atoms with Crippen LogP contribution in [0.25, 0.3) is 0 Å². The van der Waals surface area contributed by atoms with Gasteiger partial charge >= 0.3 is 5.97 Å². The van der Waals surface area contributed by atoms with Crippen molar-refractivity contribution < 1.29 is 14.3 Å². The van der Waals surface area contributed by atoms with E-state index in [1.807, 2.05) is 0 Å². The van der Waals surface area contributed by atoms with Crippen molar-refractivity contribution in [3.8, 4) is 0 Å². The van der Waals surface area contributed by atoms with Crippen LogP contribution in [0, 0.1) is 5.41 Å². The Bertz CT molecular complexity index is 237. The van der Waals surface area contributed by atoms with E-state index in [4.69, 9.17) is 4.74 Å². The normalized spacial score (nSPS) is 23.4. The Morgan fingerprint density at radius 3 is 2.50 bits per heavy atom. The van der Waals surface area contributed by atoms with Gasteiger partial charge in [-0.3, -0.25) is 9.59 Å². The highest BCUT2D eigenvalue weighted by atomic mass is 16.5. The average Bonchev–Trinajstić information content (AvgIpc) is 2.07. The number of ketones is 1. The lowest BCUT2D eigenvalue weighted by atomic mass is 9.94. The summed E-state index contributed by atoms with van der Waals surface area (Å²) in [5.41, 5.74) is -0.516. The highest BCUT2D eigenvalue weighted by molar-refractivity contribution is 5.87. The zero-order chi connectivity index (χ0) is 10.8. The summed E-state index contributed by atoms with van der Waals surface area (Å²) in [6.07, 6.45) is 2.69. The second-order valence-electron chi connectivity index (χ2n) is 4.86. The summed E-state index contributed by atoms with van der Waals surface area (Å²) >= 11 is 0. The number of hydrogen-bond acceptors (Lipinski definition) is 3. The van der Waals surface area contributed by atoms with Crippen LogP contribution in [0.4, 0.5) is 0 Å². The van der Waals surface area contributed by atoms with Gasteiger partial charge in [0, 0.05) is 6.42 Å². The second kappa shape index (κ2) is 4.11. The molecule has 80 valence electrons. The molecule has 0 aliphatic heterocycles. The lowest BCUT2D eigenvalue weighted by molar-refractivity contribution is -0.164. The van der Waals surface area contributed by atoms with Gasteiger partial charge in [0.05, 0.1) is 5.41 Å². The van der Waals surface area contributed by atoms with Crippen molar-refractivity contribution in [1.29, 1.82) is 0 Å². The number of ether oxygens (including phenoxy) is 1. The van der Waals surface area contributed by atoms with Gasteiger partial charge in [0.2, 0.25) is 0 Å². The first-order chi connectivity index (χ1) is 6.41. The molecule has 3 nitrogen and oxygen atoms in total. The predicted molar refractivity (Wildman–Crippen MR) is 52.8 cm³/mol. The van der Waals surface area contributed by atoms with E-state index >= 15 is 0 Å². The molecule has 1 rings (SSSR count). The van der Waals surface area contributed by atoms with Crippen molar-refractivity contribution in [2.45, 2.75) is 52.6 Å². The number of esters is 1. The van der Waals surface area contributed by atoms with Crippen molar-refractivity contribution in [3.05, 3.63) is 0 Å². The molecule has 1 atom stereocenters. The Morgan fingerprint density at radius 1 is 1.36 bits per heavy atom. The van der Waals surface area contributed by atoms with E-state index in [9.17, 15) is 9.59 Å². The van der Waals surface area contributed by atoms with E-state index in [2.05, 4.69) is 0 Å². The van der Waals surface area contributed by atoms with Crippen LogP contribution in [-0.4, -0.2) is 17.9 Å². The standard InChI is InChI=1S/C11H18O3/c1-11(2,3)10(13)14-9-7-5-4-6-8(9)12/h9H,4-7H2,1-3H3. The topological polar surface area (TPSA) is 43.4 Å². The molecule has 3 heteroatoms. The van der Waals surface area contributed by atoms with Crippen molar-refractivity contribution in [1.82, 2.24) is 0 Å². The van der Waals surface area contributed by atoms with E-state index in [-0.39, 0.29) is 11.8 Å². The van der Waals surface area contributed by atoms with Gasteiger partial charge in [-0.15, -0.1) is 0 Å². The molecule has 1 saturated carbocycles. The van der Waals surface area contributed by atoms with Crippen LogP contribution in [0.1, 0.15) is 46.5 Å². The van der Waals surface area contributed by atoms with E-state index in [1.54, 1.807) is 20.8 Å². The van der Waals surface area contributed by atoms with Gasteiger partial charge in [0.25, 0.3) is 0 Å². The zero-order valence-corrected chi connectivity index (χ0v) is 9.13. The summed E-state index contributed by atoms with van der Waals surface area (Å²) in [4.78, 5) is 22.9.